The van der Waals surface area contributed by atoms with Crippen LogP contribution in [0.1, 0.15) is 39.2 Å². The van der Waals surface area contributed by atoms with Crippen molar-refractivity contribution in [3.8, 4) is 0 Å². The average molecular weight is 208 g/mol. The van der Waals surface area contributed by atoms with E-state index in [2.05, 4.69) is 31.1 Å². The maximum absolute atomic E-state index is 10.9. The first-order chi connectivity index (χ1) is 7.09. The molecule has 0 bridgehead atoms. The summed E-state index contributed by atoms with van der Waals surface area (Å²) in [6, 6.07) is 3.42. The Morgan fingerprint density at radius 3 is 2.47 bits per heavy atom. The number of aromatic amines is 1. The highest BCUT2D eigenvalue weighted by Gasteiger charge is 2.17. The molecule has 1 aromatic rings. The molecular weight excluding hydrogens is 188 g/mol. The quantitative estimate of drug-likeness (QED) is 0.777. The highest BCUT2D eigenvalue weighted by Crippen LogP contribution is 2.14. The van der Waals surface area contributed by atoms with Gasteiger partial charge in [-0.1, -0.05) is 19.9 Å². The predicted octanol–water partition coefficient (Wildman–Crippen LogP) is 2.04. The minimum atomic E-state index is -0.0486. The normalized spacial score (nSPS) is 11.7. The molecule has 0 aliphatic heterocycles. The lowest BCUT2D eigenvalue weighted by molar-refractivity contribution is 0.329. The van der Waals surface area contributed by atoms with Gasteiger partial charge in [0.1, 0.15) is 0 Å². The Balaban J connectivity index is 2.56. The van der Waals surface area contributed by atoms with Crippen LogP contribution >= 0.6 is 0 Å². The van der Waals surface area contributed by atoms with E-state index in [9.17, 15) is 4.79 Å². The third-order valence-electron chi connectivity index (χ3n) is 3.13. The minimum absolute atomic E-state index is 0.0486. The van der Waals surface area contributed by atoms with Crippen molar-refractivity contribution in [3.63, 3.8) is 0 Å². The summed E-state index contributed by atoms with van der Waals surface area (Å²) in [5.41, 5.74) is 1.26. The topological polar surface area (TPSA) is 44.9 Å². The minimum Gasteiger partial charge on any atom is -0.329 e. The van der Waals surface area contributed by atoms with E-state index in [1.165, 1.54) is 0 Å². The average Bonchev–Trinajstić information content (AvgIpc) is 2.28. The molecule has 0 spiro atoms. The largest absolute Gasteiger partial charge is 0.329 e. The summed E-state index contributed by atoms with van der Waals surface area (Å²) in [7, 11) is 0. The molecule has 3 heteroatoms. The third kappa shape index (κ3) is 3.51. The number of pyridine rings is 1. The van der Waals surface area contributed by atoms with Crippen LogP contribution in [0, 0.1) is 0 Å². The Hall–Kier alpha value is -1.09. The molecule has 0 aliphatic carbocycles. The molecule has 84 valence electrons. The SMILES string of the molecule is CCC(C)(CC)NCc1ccc(=O)[nH]c1. The second-order valence-electron chi connectivity index (χ2n) is 4.18. The fourth-order valence-electron chi connectivity index (χ4n) is 1.37. The van der Waals surface area contributed by atoms with Crippen molar-refractivity contribution in [1.29, 1.82) is 0 Å². The highest BCUT2D eigenvalue weighted by molar-refractivity contribution is 5.08. The van der Waals surface area contributed by atoms with E-state index in [-0.39, 0.29) is 11.1 Å². The van der Waals surface area contributed by atoms with E-state index >= 15 is 0 Å². The van der Waals surface area contributed by atoms with Gasteiger partial charge in [0.05, 0.1) is 0 Å². The van der Waals surface area contributed by atoms with Crippen LogP contribution in [-0.4, -0.2) is 10.5 Å². The van der Waals surface area contributed by atoms with Gasteiger partial charge in [0.25, 0.3) is 0 Å². The molecule has 2 N–H and O–H groups in total. The number of hydrogen-bond acceptors (Lipinski definition) is 2. The maximum Gasteiger partial charge on any atom is 0.247 e. The molecule has 0 atom stereocenters. The van der Waals surface area contributed by atoms with Gasteiger partial charge in [-0.3, -0.25) is 4.79 Å². The summed E-state index contributed by atoms with van der Waals surface area (Å²) in [4.78, 5) is 13.5. The standard InChI is InChI=1S/C12H20N2O/c1-4-12(3,5-2)14-9-10-6-7-11(15)13-8-10/h6-8,14H,4-5,9H2,1-3H3,(H,13,15). The summed E-state index contributed by atoms with van der Waals surface area (Å²) in [6.45, 7) is 7.39. The zero-order valence-electron chi connectivity index (χ0n) is 9.76. The van der Waals surface area contributed by atoms with E-state index in [0.717, 1.165) is 24.9 Å². The molecule has 15 heavy (non-hydrogen) atoms. The molecule has 1 heterocycles. The number of nitrogens with one attached hydrogen (secondary N) is 2. The Kier molecular flexibility index (Phi) is 4.09. The van der Waals surface area contributed by atoms with Crippen LogP contribution in [-0.2, 0) is 6.54 Å². The van der Waals surface area contributed by atoms with Gasteiger partial charge >= 0.3 is 0 Å². The van der Waals surface area contributed by atoms with Gasteiger partial charge in [-0.2, -0.15) is 0 Å². The van der Waals surface area contributed by atoms with Gasteiger partial charge in [0, 0.05) is 24.3 Å². The molecule has 0 saturated heterocycles. The second-order valence-corrected chi connectivity index (χ2v) is 4.18. The molecular formula is C12H20N2O. The van der Waals surface area contributed by atoms with Crippen LogP contribution in [0.2, 0.25) is 0 Å². The monoisotopic (exact) mass is 208 g/mol. The van der Waals surface area contributed by atoms with Crippen LogP contribution in [0.15, 0.2) is 23.1 Å². The summed E-state index contributed by atoms with van der Waals surface area (Å²) < 4.78 is 0. The van der Waals surface area contributed by atoms with Gasteiger partial charge in [-0.25, -0.2) is 0 Å². The summed E-state index contributed by atoms with van der Waals surface area (Å²) in [6.07, 6.45) is 3.97. The predicted molar refractivity (Wildman–Crippen MR) is 62.9 cm³/mol. The van der Waals surface area contributed by atoms with Gasteiger partial charge in [-0.05, 0) is 25.3 Å². The van der Waals surface area contributed by atoms with Crippen molar-refractivity contribution < 1.29 is 0 Å². The molecule has 3 nitrogen and oxygen atoms in total. The first-order valence-electron chi connectivity index (χ1n) is 5.52. The molecule has 0 saturated carbocycles. The van der Waals surface area contributed by atoms with E-state index in [1.807, 2.05) is 6.07 Å². The van der Waals surface area contributed by atoms with Crippen molar-refractivity contribution in [3.05, 3.63) is 34.2 Å². The van der Waals surface area contributed by atoms with Crippen molar-refractivity contribution >= 4 is 0 Å². The summed E-state index contributed by atoms with van der Waals surface area (Å²) >= 11 is 0. The number of aromatic nitrogens is 1. The van der Waals surface area contributed by atoms with Crippen molar-refractivity contribution in [2.75, 3.05) is 0 Å². The fraction of sp³-hybridized carbons (Fsp3) is 0.583. The van der Waals surface area contributed by atoms with E-state index in [1.54, 1.807) is 12.3 Å². The summed E-state index contributed by atoms with van der Waals surface area (Å²) in [5, 5.41) is 3.51. The second kappa shape index (κ2) is 5.12. The Labute approximate surface area is 90.9 Å². The fourth-order valence-corrected chi connectivity index (χ4v) is 1.37. The maximum atomic E-state index is 10.9. The first-order valence-corrected chi connectivity index (χ1v) is 5.52. The Morgan fingerprint density at radius 2 is 2.00 bits per heavy atom. The van der Waals surface area contributed by atoms with E-state index in [0.29, 0.717) is 0 Å². The molecule has 1 aromatic heterocycles. The molecule has 0 aliphatic rings. The van der Waals surface area contributed by atoms with Crippen molar-refractivity contribution in [2.45, 2.75) is 45.7 Å². The number of hydrogen-bond donors (Lipinski definition) is 2. The Morgan fingerprint density at radius 1 is 1.33 bits per heavy atom. The van der Waals surface area contributed by atoms with E-state index < -0.39 is 0 Å². The molecule has 0 unspecified atom stereocenters. The Bertz CT molecular complexity index is 332. The zero-order chi connectivity index (χ0) is 11.3. The highest BCUT2D eigenvalue weighted by atomic mass is 16.1. The van der Waals surface area contributed by atoms with Crippen LogP contribution in [0.25, 0.3) is 0 Å². The summed E-state index contributed by atoms with van der Waals surface area (Å²) in [5.74, 6) is 0. The molecule has 1 rings (SSSR count). The lowest BCUT2D eigenvalue weighted by Gasteiger charge is -2.28. The molecule has 0 fully saturated rings. The first kappa shape index (κ1) is 12.0. The van der Waals surface area contributed by atoms with Gasteiger partial charge < -0.3 is 10.3 Å². The number of H-pyrrole nitrogens is 1. The molecule has 0 aromatic carbocycles. The van der Waals surface area contributed by atoms with Crippen LogP contribution in [0.4, 0.5) is 0 Å². The zero-order valence-corrected chi connectivity index (χ0v) is 9.76. The lowest BCUT2D eigenvalue weighted by atomic mass is 9.95. The van der Waals surface area contributed by atoms with Gasteiger partial charge in [0.15, 0.2) is 0 Å². The third-order valence-corrected chi connectivity index (χ3v) is 3.13. The van der Waals surface area contributed by atoms with Crippen molar-refractivity contribution in [2.24, 2.45) is 0 Å². The van der Waals surface area contributed by atoms with E-state index in [4.69, 9.17) is 0 Å². The van der Waals surface area contributed by atoms with Gasteiger partial charge in [0.2, 0.25) is 5.56 Å². The van der Waals surface area contributed by atoms with Crippen LogP contribution < -0.4 is 10.9 Å². The lowest BCUT2D eigenvalue weighted by Crippen LogP contribution is -2.40. The van der Waals surface area contributed by atoms with Crippen LogP contribution in [0.5, 0.6) is 0 Å². The van der Waals surface area contributed by atoms with Crippen molar-refractivity contribution in [1.82, 2.24) is 10.3 Å². The molecule has 0 radical (unpaired) electrons. The molecule has 0 amide bonds. The van der Waals surface area contributed by atoms with Gasteiger partial charge in [-0.15, -0.1) is 0 Å². The van der Waals surface area contributed by atoms with Crippen LogP contribution in [0.3, 0.4) is 0 Å². The number of rotatable bonds is 5. The smallest absolute Gasteiger partial charge is 0.247 e.